The lowest BCUT2D eigenvalue weighted by atomic mass is 9.97. The van der Waals surface area contributed by atoms with Gasteiger partial charge in [-0.3, -0.25) is 14.4 Å². The molecule has 0 aromatic rings. The molecule has 0 aliphatic heterocycles. The second-order valence-electron chi connectivity index (χ2n) is 11.5. The van der Waals surface area contributed by atoms with Crippen LogP contribution in [0.5, 0.6) is 0 Å². The van der Waals surface area contributed by atoms with Crippen molar-refractivity contribution in [3.05, 3.63) is 0 Å². The highest BCUT2D eigenvalue weighted by atomic mass is 32.2. The average molecular weight is 577 g/mol. The molecule has 228 valence electrons. The molecule has 0 bridgehead atoms. The fourth-order valence-corrected chi connectivity index (χ4v) is 3.98. The molecule has 0 heterocycles. The van der Waals surface area contributed by atoms with Crippen LogP contribution < -0.4 is 21.3 Å². The quantitative estimate of drug-likeness (QED) is 0.152. The van der Waals surface area contributed by atoms with Crippen molar-refractivity contribution >= 4 is 35.6 Å². The van der Waals surface area contributed by atoms with E-state index in [1.807, 2.05) is 20.1 Å². The number of aliphatic hydroxyl groups is 2. The van der Waals surface area contributed by atoms with Crippen LogP contribution in [0, 0.1) is 17.8 Å². The Bertz CT molecular complexity index is 776. The molecule has 0 aromatic heterocycles. The molecule has 0 radical (unpaired) electrons. The molecule has 12 heteroatoms. The first-order valence-corrected chi connectivity index (χ1v) is 15.1. The topological polar surface area (TPSA) is 166 Å². The van der Waals surface area contributed by atoms with Crippen molar-refractivity contribution in [3.8, 4) is 0 Å². The van der Waals surface area contributed by atoms with Gasteiger partial charge in [-0.05, 0) is 57.5 Å². The molecular weight excluding hydrogens is 524 g/mol. The zero-order valence-electron chi connectivity index (χ0n) is 25.1. The van der Waals surface area contributed by atoms with Crippen molar-refractivity contribution in [2.75, 3.05) is 25.2 Å². The molecule has 0 fully saturated rings. The molecular formula is C27H52N4O7S. The van der Waals surface area contributed by atoms with Crippen molar-refractivity contribution in [3.63, 3.8) is 0 Å². The summed E-state index contributed by atoms with van der Waals surface area (Å²) in [6, 6.07) is -2.95. The number of carbonyl (C=O) groups excluding carboxylic acids is 4. The first-order valence-electron chi connectivity index (χ1n) is 13.7. The van der Waals surface area contributed by atoms with Gasteiger partial charge in [-0.15, -0.1) is 0 Å². The summed E-state index contributed by atoms with van der Waals surface area (Å²) >= 11 is 1.49. The Labute approximate surface area is 238 Å². The molecule has 0 unspecified atom stereocenters. The second-order valence-corrected chi connectivity index (χ2v) is 12.5. The summed E-state index contributed by atoms with van der Waals surface area (Å²) in [5.74, 6) is -1.27. The Hall–Kier alpha value is -2.05. The zero-order valence-corrected chi connectivity index (χ0v) is 25.9. The number of aliphatic hydroxyl groups excluding tert-OH is 2. The van der Waals surface area contributed by atoms with Gasteiger partial charge in [0.2, 0.25) is 17.7 Å². The predicted octanol–water partition coefficient (Wildman–Crippen LogP) is 1.80. The maximum atomic E-state index is 13.1. The van der Waals surface area contributed by atoms with E-state index >= 15 is 0 Å². The zero-order chi connectivity index (χ0) is 30.3. The third-order valence-electron chi connectivity index (χ3n) is 6.22. The van der Waals surface area contributed by atoms with Crippen LogP contribution in [0.15, 0.2) is 0 Å². The van der Waals surface area contributed by atoms with Crippen LogP contribution >= 0.6 is 11.8 Å². The molecule has 0 aliphatic carbocycles. The summed E-state index contributed by atoms with van der Waals surface area (Å²) in [7, 11) is 0. The fourth-order valence-electron chi connectivity index (χ4n) is 3.51. The number of ether oxygens (including phenoxy) is 1. The number of rotatable bonds is 17. The van der Waals surface area contributed by atoms with Crippen molar-refractivity contribution in [1.82, 2.24) is 21.3 Å². The summed E-state index contributed by atoms with van der Waals surface area (Å²) in [6.45, 7) is 14.4. The highest BCUT2D eigenvalue weighted by Gasteiger charge is 2.32. The smallest absolute Gasteiger partial charge is 0.408 e. The highest BCUT2D eigenvalue weighted by molar-refractivity contribution is 7.98. The lowest BCUT2D eigenvalue weighted by Crippen LogP contribution is -2.58. The normalized spacial score (nSPS) is 16.3. The van der Waals surface area contributed by atoms with Crippen molar-refractivity contribution in [1.29, 1.82) is 0 Å². The standard InChI is InChI=1S/C27H52N4O7S/c1-10-17(4)14-28-23(34)18(5)13-21(33)20(15-32)30-24(35)19(11-12-39-9)29-25(36)22(16(2)3)31-26(37)38-27(6,7)8/h16-22,32-33H,10-15H2,1-9H3,(H,28,34)(H,29,36)(H,30,35)(H,31,37)/t17-,18-,19+,20+,21+,22+/m1/s1. The third-order valence-corrected chi connectivity index (χ3v) is 6.86. The lowest BCUT2D eigenvalue weighted by molar-refractivity contribution is -0.132. The van der Waals surface area contributed by atoms with Gasteiger partial charge in [0.05, 0.1) is 18.8 Å². The first kappa shape index (κ1) is 37.0. The molecule has 0 saturated heterocycles. The Morgan fingerprint density at radius 3 is 2.05 bits per heavy atom. The van der Waals surface area contributed by atoms with E-state index in [9.17, 15) is 29.4 Å². The van der Waals surface area contributed by atoms with Gasteiger partial charge >= 0.3 is 6.09 Å². The van der Waals surface area contributed by atoms with Crippen molar-refractivity contribution < 1.29 is 34.1 Å². The maximum absolute atomic E-state index is 13.1. The summed E-state index contributed by atoms with van der Waals surface area (Å²) in [5, 5.41) is 31.3. The number of hydrogen-bond acceptors (Lipinski definition) is 8. The van der Waals surface area contributed by atoms with Gasteiger partial charge < -0.3 is 36.2 Å². The largest absolute Gasteiger partial charge is 0.444 e. The summed E-state index contributed by atoms with van der Waals surface area (Å²) in [5.41, 5.74) is -0.741. The molecule has 0 rings (SSSR count). The van der Waals surface area contributed by atoms with Gasteiger partial charge in [-0.25, -0.2) is 4.79 Å². The number of hydrogen-bond donors (Lipinski definition) is 6. The van der Waals surface area contributed by atoms with Crippen LogP contribution in [0.25, 0.3) is 0 Å². The maximum Gasteiger partial charge on any atom is 0.408 e. The van der Waals surface area contributed by atoms with Gasteiger partial charge in [0, 0.05) is 12.5 Å². The number of alkyl carbamates (subject to hydrolysis) is 1. The molecule has 0 aliphatic rings. The van der Waals surface area contributed by atoms with Gasteiger partial charge in [0.25, 0.3) is 0 Å². The third kappa shape index (κ3) is 15.4. The number of carbonyl (C=O) groups is 4. The number of amides is 4. The Kier molecular flexibility index (Phi) is 17.4. The molecule has 11 nitrogen and oxygen atoms in total. The van der Waals surface area contributed by atoms with E-state index in [1.165, 1.54) is 11.8 Å². The van der Waals surface area contributed by atoms with Crippen LogP contribution in [0.4, 0.5) is 4.79 Å². The van der Waals surface area contributed by atoms with Crippen LogP contribution in [-0.4, -0.2) is 89.0 Å². The van der Waals surface area contributed by atoms with E-state index in [0.29, 0.717) is 24.6 Å². The highest BCUT2D eigenvalue weighted by Crippen LogP contribution is 2.13. The molecule has 6 N–H and O–H groups in total. The summed E-state index contributed by atoms with van der Waals surface area (Å²) in [4.78, 5) is 50.9. The molecule has 4 amide bonds. The monoisotopic (exact) mass is 576 g/mol. The predicted molar refractivity (Wildman–Crippen MR) is 154 cm³/mol. The molecule has 0 saturated carbocycles. The van der Waals surface area contributed by atoms with Gasteiger partial charge in [0.15, 0.2) is 0 Å². The minimum atomic E-state index is -1.18. The first-order chi connectivity index (χ1) is 18.1. The summed E-state index contributed by atoms with van der Waals surface area (Å²) in [6.07, 6.45) is 1.20. The second kappa shape index (κ2) is 18.3. The van der Waals surface area contributed by atoms with Gasteiger partial charge in [-0.2, -0.15) is 11.8 Å². The van der Waals surface area contributed by atoms with E-state index < -0.39 is 60.3 Å². The summed E-state index contributed by atoms with van der Waals surface area (Å²) < 4.78 is 5.26. The van der Waals surface area contributed by atoms with Gasteiger partial charge in [0.1, 0.15) is 17.7 Å². The minimum Gasteiger partial charge on any atom is -0.444 e. The van der Waals surface area contributed by atoms with E-state index in [1.54, 1.807) is 41.5 Å². The van der Waals surface area contributed by atoms with Gasteiger partial charge in [-0.1, -0.05) is 41.0 Å². The Morgan fingerprint density at radius 2 is 1.56 bits per heavy atom. The van der Waals surface area contributed by atoms with Crippen molar-refractivity contribution in [2.45, 2.75) is 104 Å². The van der Waals surface area contributed by atoms with Crippen LogP contribution in [0.1, 0.15) is 74.7 Å². The number of thioether (sulfide) groups is 1. The minimum absolute atomic E-state index is 0.0366. The lowest BCUT2D eigenvalue weighted by Gasteiger charge is -2.29. The number of nitrogens with one attached hydrogen (secondary N) is 4. The van der Waals surface area contributed by atoms with E-state index in [2.05, 4.69) is 21.3 Å². The van der Waals surface area contributed by atoms with Crippen LogP contribution in [0.2, 0.25) is 0 Å². The van der Waals surface area contributed by atoms with E-state index in [4.69, 9.17) is 4.74 Å². The van der Waals surface area contributed by atoms with Crippen molar-refractivity contribution in [2.24, 2.45) is 17.8 Å². The molecule has 39 heavy (non-hydrogen) atoms. The van der Waals surface area contributed by atoms with E-state index in [0.717, 1.165) is 6.42 Å². The Balaban J connectivity index is 5.35. The van der Waals surface area contributed by atoms with Crippen LogP contribution in [0.3, 0.4) is 0 Å². The molecule has 0 spiro atoms. The van der Waals surface area contributed by atoms with E-state index in [-0.39, 0.29) is 18.2 Å². The Morgan fingerprint density at radius 1 is 0.949 bits per heavy atom. The SMILES string of the molecule is CC[C@@H](C)CNC(=O)[C@H](C)C[C@H](O)[C@H](CO)NC(=O)[C@H](CCSC)NC(=O)[C@@H](NC(=O)OC(C)(C)C)C(C)C. The molecule has 6 atom stereocenters. The molecule has 0 aromatic carbocycles. The fraction of sp³-hybridized carbons (Fsp3) is 0.852. The van der Waals surface area contributed by atoms with Crippen LogP contribution in [-0.2, 0) is 19.1 Å². The average Bonchev–Trinajstić information content (AvgIpc) is 2.84.